The van der Waals surface area contributed by atoms with Gasteiger partial charge < -0.3 is 5.73 Å². The maximum Gasteiger partial charge on any atom is 0.264 e. The Morgan fingerprint density at radius 1 is 1.53 bits per heavy atom. The molecule has 1 aromatic rings. The summed E-state index contributed by atoms with van der Waals surface area (Å²) in [5, 5.41) is 0. The third-order valence-corrected chi connectivity index (χ3v) is 3.45. The Balaban J connectivity index is 2.83. The summed E-state index contributed by atoms with van der Waals surface area (Å²) in [6.45, 7) is 1.92. The molecule has 1 heterocycles. The Bertz CT molecular complexity index is 499. The van der Waals surface area contributed by atoms with Gasteiger partial charge in [-0.25, -0.2) is 13.1 Å². The van der Waals surface area contributed by atoms with Crippen molar-refractivity contribution in [2.75, 3.05) is 5.75 Å². The number of nitrogens with two attached hydrogens (primary N) is 1. The Labute approximate surface area is 100 Å². The molecule has 0 fully saturated rings. The van der Waals surface area contributed by atoms with E-state index in [0.29, 0.717) is 12.1 Å². The fourth-order valence-corrected chi connectivity index (χ4v) is 2.29. The molecule has 3 N–H and O–H groups in total. The van der Waals surface area contributed by atoms with Gasteiger partial charge in [0.1, 0.15) is 0 Å². The second-order valence-electron chi connectivity index (χ2n) is 3.49. The lowest BCUT2D eigenvalue weighted by atomic mass is 10.2. The number of rotatable bonds is 5. The summed E-state index contributed by atoms with van der Waals surface area (Å²) in [5.74, 6) is -0.733. The van der Waals surface area contributed by atoms with Crippen LogP contribution in [-0.4, -0.2) is 25.1 Å². The molecule has 0 bridgehead atoms. The molecule has 0 aliphatic heterocycles. The molecule has 17 heavy (non-hydrogen) atoms. The van der Waals surface area contributed by atoms with E-state index in [1.54, 1.807) is 6.92 Å². The zero-order chi connectivity index (χ0) is 12.9. The second-order valence-corrected chi connectivity index (χ2v) is 5.33. The molecular formula is C10H15N3O3S. The predicted molar refractivity (Wildman–Crippen MR) is 63.7 cm³/mol. The van der Waals surface area contributed by atoms with E-state index < -0.39 is 15.9 Å². The Morgan fingerprint density at radius 2 is 2.24 bits per heavy atom. The topological polar surface area (TPSA) is 102 Å². The van der Waals surface area contributed by atoms with E-state index in [9.17, 15) is 13.2 Å². The minimum absolute atomic E-state index is 0.0758. The summed E-state index contributed by atoms with van der Waals surface area (Å²) in [7, 11) is -3.55. The third kappa shape index (κ3) is 4.12. The van der Waals surface area contributed by atoms with Crippen molar-refractivity contribution in [2.45, 2.75) is 19.9 Å². The van der Waals surface area contributed by atoms with Crippen molar-refractivity contribution < 1.29 is 13.2 Å². The number of hydrogen-bond acceptors (Lipinski definition) is 5. The molecule has 0 aliphatic rings. The zero-order valence-electron chi connectivity index (χ0n) is 9.51. The van der Waals surface area contributed by atoms with Crippen molar-refractivity contribution in [3.05, 3.63) is 29.6 Å². The van der Waals surface area contributed by atoms with E-state index >= 15 is 0 Å². The van der Waals surface area contributed by atoms with Gasteiger partial charge in [0.15, 0.2) is 0 Å². The van der Waals surface area contributed by atoms with Crippen LogP contribution in [0.1, 0.15) is 29.4 Å². The summed E-state index contributed by atoms with van der Waals surface area (Å²) >= 11 is 0. The molecular weight excluding hydrogens is 242 g/mol. The van der Waals surface area contributed by atoms with Crippen molar-refractivity contribution in [3.8, 4) is 0 Å². The molecule has 0 radical (unpaired) electrons. The monoisotopic (exact) mass is 257 g/mol. The SMILES string of the molecule is CCCS(=O)(=O)NC(=O)c1ccnc(CN)c1. The fourth-order valence-electron chi connectivity index (χ4n) is 1.25. The van der Waals surface area contributed by atoms with Crippen LogP contribution in [-0.2, 0) is 16.6 Å². The number of hydrogen-bond donors (Lipinski definition) is 2. The first kappa shape index (κ1) is 13.6. The van der Waals surface area contributed by atoms with Gasteiger partial charge >= 0.3 is 0 Å². The molecule has 0 saturated heterocycles. The van der Waals surface area contributed by atoms with Gasteiger partial charge in [0.05, 0.1) is 11.4 Å². The molecule has 1 amide bonds. The van der Waals surface area contributed by atoms with Crippen LogP contribution in [0.15, 0.2) is 18.3 Å². The number of nitrogens with zero attached hydrogens (tertiary/aromatic N) is 1. The van der Waals surface area contributed by atoms with Crippen LogP contribution in [0.2, 0.25) is 0 Å². The highest BCUT2D eigenvalue weighted by Gasteiger charge is 2.15. The first-order valence-electron chi connectivity index (χ1n) is 5.18. The average molecular weight is 257 g/mol. The number of carbonyl (C=O) groups is 1. The minimum atomic E-state index is -3.55. The molecule has 0 saturated carbocycles. The summed E-state index contributed by atoms with van der Waals surface area (Å²) in [5.41, 5.74) is 6.15. The highest BCUT2D eigenvalue weighted by molar-refractivity contribution is 7.90. The van der Waals surface area contributed by atoms with Crippen LogP contribution in [0.3, 0.4) is 0 Å². The molecule has 0 aromatic carbocycles. The number of amides is 1. The molecule has 7 heteroatoms. The largest absolute Gasteiger partial charge is 0.325 e. The standard InChI is InChI=1S/C10H15N3O3S/c1-2-5-17(15,16)13-10(14)8-3-4-12-9(6-8)7-11/h3-4,6H,2,5,7,11H2,1H3,(H,13,14). The molecule has 0 unspecified atom stereocenters. The highest BCUT2D eigenvalue weighted by atomic mass is 32.2. The fraction of sp³-hybridized carbons (Fsp3) is 0.400. The maximum atomic E-state index is 11.6. The lowest BCUT2D eigenvalue weighted by Crippen LogP contribution is -2.32. The number of sulfonamides is 1. The van der Waals surface area contributed by atoms with E-state index in [1.165, 1.54) is 18.3 Å². The maximum absolute atomic E-state index is 11.6. The van der Waals surface area contributed by atoms with Crippen LogP contribution < -0.4 is 10.5 Å². The van der Waals surface area contributed by atoms with Crippen LogP contribution in [0.25, 0.3) is 0 Å². The van der Waals surface area contributed by atoms with Crippen molar-refractivity contribution in [3.63, 3.8) is 0 Å². The summed E-state index contributed by atoms with van der Waals surface area (Å²) in [6.07, 6.45) is 1.87. The van der Waals surface area contributed by atoms with E-state index in [4.69, 9.17) is 5.73 Å². The minimum Gasteiger partial charge on any atom is -0.325 e. The van der Waals surface area contributed by atoms with E-state index in [-0.39, 0.29) is 17.9 Å². The first-order valence-corrected chi connectivity index (χ1v) is 6.83. The molecule has 94 valence electrons. The van der Waals surface area contributed by atoms with Gasteiger partial charge in [-0.2, -0.15) is 0 Å². The average Bonchev–Trinajstić information content (AvgIpc) is 2.28. The van der Waals surface area contributed by atoms with E-state index in [2.05, 4.69) is 4.98 Å². The lowest BCUT2D eigenvalue weighted by molar-refractivity contribution is 0.0981. The number of pyridine rings is 1. The number of aromatic nitrogens is 1. The molecule has 1 aromatic heterocycles. The molecule has 0 atom stereocenters. The summed E-state index contributed by atoms with van der Waals surface area (Å²) in [6, 6.07) is 2.91. The molecule has 6 nitrogen and oxygen atoms in total. The van der Waals surface area contributed by atoms with Gasteiger partial charge in [-0.15, -0.1) is 0 Å². The van der Waals surface area contributed by atoms with E-state index in [1.807, 2.05) is 4.72 Å². The Morgan fingerprint density at radius 3 is 2.82 bits per heavy atom. The van der Waals surface area contributed by atoms with Crippen molar-refractivity contribution in [1.29, 1.82) is 0 Å². The summed E-state index contributed by atoms with van der Waals surface area (Å²) < 4.78 is 24.8. The Hall–Kier alpha value is -1.47. The smallest absolute Gasteiger partial charge is 0.264 e. The van der Waals surface area contributed by atoms with Crippen LogP contribution in [0, 0.1) is 0 Å². The predicted octanol–water partition coefficient (Wildman–Crippen LogP) is 0.00990. The van der Waals surface area contributed by atoms with Crippen molar-refractivity contribution in [2.24, 2.45) is 5.73 Å². The van der Waals surface area contributed by atoms with Gasteiger partial charge in [-0.05, 0) is 18.6 Å². The number of nitrogens with one attached hydrogen (secondary N) is 1. The second kappa shape index (κ2) is 5.74. The van der Waals surface area contributed by atoms with Gasteiger partial charge in [-0.3, -0.25) is 9.78 Å². The van der Waals surface area contributed by atoms with Crippen LogP contribution >= 0.6 is 0 Å². The van der Waals surface area contributed by atoms with Gasteiger partial charge in [0.25, 0.3) is 5.91 Å². The highest BCUT2D eigenvalue weighted by Crippen LogP contribution is 2.02. The van der Waals surface area contributed by atoms with E-state index in [0.717, 1.165) is 0 Å². The molecule has 0 aliphatic carbocycles. The third-order valence-electron chi connectivity index (χ3n) is 2.01. The van der Waals surface area contributed by atoms with Gasteiger partial charge in [0, 0.05) is 18.3 Å². The number of carbonyl (C=O) groups excluding carboxylic acids is 1. The van der Waals surface area contributed by atoms with Crippen LogP contribution in [0.5, 0.6) is 0 Å². The van der Waals surface area contributed by atoms with Crippen LogP contribution in [0.4, 0.5) is 0 Å². The molecule has 0 spiro atoms. The Kier molecular flexibility index (Phi) is 4.59. The van der Waals surface area contributed by atoms with Gasteiger partial charge in [-0.1, -0.05) is 6.92 Å². The van der Waals surface area contributed by atoms with Crippen molar-refractivity contribution in [1.82, 2.24) is 9.71 Å². The zero-order valence-corrected chi connectivity index (χ0v) is 10.3. The lowest BCUT2D eigenvalue weighted by Gasteiger charge is -2.06. The summed E-state index contributed by atoms with van der Waals surface area (Å²) in [4.78, 5) is 15.6. The quantitative estimate of drug-likeness (QED) is 0.773. The molecule has 1 rings (SSSR count). The van der Waals surface area contributed by atoms with Gasteiger partial charge in [0.2, 0.25) is 10.0 Å². The first-order chi connectivity index (χ1) is 7.98. The van der Waals surface area contributed by atoms with Crippen molar-refractivity contribution >= 4 is 15.9 Å². The normalized spacial score (nSPS) is 11.2.